The van der Waals surface area contributed by atoms with Crippen LogP contribution in [-0.4, -0.2) is 6.54 Å². The fraction of sp³-hybridized carbons (Fsp3) is 0.667. The molecule has 82 valence electrons. The lowest BCUT2D eigenvalue weighted by molar-refractivity contribution is 0.332. The zero-order valence-corrected chi connectivity index (χ0v) is 9.01. The van der Waals surface area contributed by atoms with Crippen molar-refractivity contribution in [2.75, 3.05) is 6.54 Å². The largest absolute Gasteiger partial charge is 0.464 e. The number of hydrogen-bond acceptors (Lipinski definition) is 3. The van der Waals surface area contributed by atoms with Gasteiger partial charge < -0.3 is 15.5 Å². The summed E-state index contributed by atoms with van der Waals surface area (Å²) in [6.45, 7) is 2.60. The third-order valence-corrected chi connectivity index (χ3v) is 3.69. The van der Waals surface area contributed by atoms with E-state index in [0.29, 0.717) is 5.92 Å². The van der Waals surface area contributed by atoms with E-state index in [1.54, 1.807) is 0 Å². The van der Waals surface area contributed by atoms with Crippen LogP contribution in [0.1, 0.15) is 47.8 Å². The lowest BCUT2D eigenvalue weighted by atomic mass is 9.81. The first-order valence-corrected chi connectivity index (χ1v) is 5.94. The Bertz CT molecular complexity index is 366. The summed E-state index contributed by atoms with van der Waals surface area (Å²) in [4.78, 5) is 0. The summed E-state index contributed by atoms with van der Waals surface area (Å²) in [7, 11) is 0. The van der Waals surface area contributed by atoms with Crippen LogP contribution in [0.5, 0.6) is 0 Å². The van der Waals surface area contributed by atoms with E-state index in [0.717, 1.165) is 26.1 Å². The fourth-order valence-electron chi connectivity index (χ4n) is 2.64. The highest BCUT2D eigenvalue weighted by molar-refractivity contribution is 5.38. The van der Waals surface area contributed by atoms with Crippen molar-refractivity contribution in [3.05, 3.63) is 22.6 Å². The summed E-state index contributed by atoms with van der Waals surface area (Å²) in [5.74, 6) is 3.12. The number of furan rings is 1. The standard InChI is InChI=1S/C12H18N2O/c13-5-4-9-10-6-14-7-11(10)15-12(9)8-2-1-3-8/h8,14H,1-7,13H2. The zero-order valence-electron chi connectivity index (χ0n) is 9.01. The molecule has 3 N–H and O–H groups in total. The molecule has 1 aromatic rings. The number of hydrogen-bond donors (Lipinski definition) is 2. The minimum atomic E-state index is 0.692. The summed E-state index contributed by atoms with van der Waals surface area (Å²) >= 11 is 0. The Hall–Kier alpha value is -0.800. The Morgan fingerprint density at radius 2 is 2.20 bits per heavy atom. The van der Waals surface area contributed by atoms with Crippen LogP contribution in [0, 0.1) is 0 Å². The summed E-state index contributed by atoms with van der Waals surface area (Å²) in [6, 6.07) is 0. The van der Waals surface area contributed by atoms with Gasteiger partial charge >= 0.3 is 0 Å². The molecule has 1 saturated carbocycles. The van der Waals surface area contributed by atoms with Crippen LogP contribution in [-0.2, 0) is 19.5 Å². The number of rotatable bonds is 3. The van der Waals surface area contributed by atoms with Gasteiger partial charge in [0.1, 0.15) is 11.5 Å². The molecule has 0 spiro atoms. The summed E-state index contributed by atoms with van der Waals surface area (Å²) < 4.78 is 6.00. The molecule has 0 unspecified atom stereocenters. The molecule has 0 saturated heterocycles. The number of nitrogens with one attached hydrogen (secondary N) is 1. The van der Waals surface area contributed by atoms with E-state index in [9.17, 15) is 0 Å². The van der Waals surface area contributed by atoms with Crippen molar-refractivity contribution < 1.29 is 4.42 Å². The van der Waals surface area contributed by atoms with Crippen molar-refractivity contribution in [3.63, 3.8) is 0 Å². The van der Waals surface area contributed by atoms with Crippen LogP contribution in [0.15, 0.2) is 4.42 Å². The van der Waals surface area contributed by atoms with Gasteiger partial charge in [0, 0.05) is 18.0 Å². The Labute approximate surface area is 90.0 Å². The molecule has 1 fully saturated rings. The molecule has 1 aliphatic heterocycles. The van der Waals surface area contributed by atoms with Crippen LogP contribution in [0.2, 0.25) is 0 Å². The quantitative estimate of drug-likeness (QED) is 0.790. The van der Waals surface area contributed by atoms with Crippen molar-refractivity contribution in [1.29, 1.82) is 0 Å². The van der Waals surface area contributed by atoms with Crippen LogP contribution < -0.4 is 11.1 Å². The second-order valence-electron chi connectivity index (χ2n) is 4.62. The maximum absolute atomic E-state index is 6.00. The Balaban J connectivity index is 1.97. The van der Waals surface area contributed by atoms with Crippen molar-refractivity contribution in [1.82, 2.24) is 5.32 Å². The second kappa shape index (κ2) is 3.65. The Morgan fingerprint density at radius 3 is 2.87 bits per heavy atom. The first-order chi connectivity index (χ1) is 7.40. The van der Waals surface area contributed by atoms with E-state index in [4.69, 9.17) is 10.2 Å². The fourth-order valence-corrected chi connectivity index (χ4v) is 2.64. The Kier molecular flexibility index (Phi) is 2.29. The van der Waals surface area contributed by atoms with Crippen molar-refractivity contribution in [2.45, 2.75) is 44.7 Å². The van der Waals surface area contributed by atoms with Crippen molar-refractivity contribution >= 4 is 0 Å². The topological polar surface area (TPSA) is 51.2 Å². The van der Waals surface area contributed by atoms with Crippen molar-refractivity contribution in [2.24, 2.45) is 5.73 Å². The van der Waals surface area contributed by atoms with Gasteiger partial charge in [0.25, 0.3) is 0 Å². The minimum absolute atomic E-state index is 0.692. The van der Waals surface area contributed by atoms with E-state index in [1.807, 2.05) is 0 Å². The molecule has 15 heavy (non-hydrogen) atoms. The highest BCUT2D eigenvalue weighted by Gasteiger charge is 2.30. The molecule has 3 heteroatoms. The summed E-state index contributed by atoms with van der Waals surface area (Å²) in [6.07, 6.45) is 4.94. The van der Waals surface area contributed by atoms with Crippen LogP contribution in [0.3, 0.4) is 0 Å². The molecular weight excluding hydrogens is 188 g/mol. The minimum Gasteiger partial charge on any atom is -0.464 e. The van der Waals surface area contributed by atoms with Gasteiger partial charge in [-0.3, -0.25) is 0 Å². The third kappa shape index (κ3) is 1.42. The van der Waals surface area contributed by atoms with Gasteiger partial charge in [-0.25, -0.2) is 0 Å². The highest BCUT2D eigenvalue weighted by atomic mass is 16.3. The number of fused-ring (bicyclic) bond motifs is 1. The monoisotopic (exact) mass is 206 g/mol. The molecular formula is C12H18N2O. The van der Waals surface area contributed by atoms with Gasteiger partial charge in [0.15, 0.2) is 0 Å². The maximum atomic E-state index is 6.00. The molecule has 3 nitrogen and oxygen atoms in total. The van der Waals surface area contributed by atoms with Gasteiger partial charge in [-0.15, -0.1) is 0 Å². The Morgan fingerprint density at radius 1 is 1.33 bits per heavy atom. The van der Waals surface area contributed by atoms with Gasteiger partial charge in [0.2, 0.25) is 0 Å². The summed E-state index contributed by atoms with van der Waals surface area (Å²) in [5.41, 5.74) is 8.50. The third-order valence-electron chi connectivity index (χ3n) is 3.69. The molecule has 2 heterocycles. The van der Waals surface area contributed by atoms with Crippen molar-refractivity contribution in [3.8, 4) is 0 Å². The lowest BCUT2D eigenvalue weighted by Crippen LogP contribution is -2.14. The predicted octanol–water partition coefficient (Wildman–Crippen LogP) is 1.65. The first-order valence-electron chi connectivity index (χ1n) is 5.94. The molecule has 1 aliphatic carbocycles. The van der Waals surface area contributed by atoms with Gasteiger partial charge in [-0.05, 0) is 31.4 Å². The molecule has 0 amide bonds. The highest BCUT2D eigenvalue weighted by Crippen LogP contribution is 2.41. The van der Waals surface area contributed by atoms with Gasteiger partial charge in [-0.2, -0.15) is 0 Å². The van der Waals surface area contributed by atoms with E-state index in [1.165, 1.54) is 41.9 Å². The molecule has 2 aliphatic rings. The normalized spacial score (nSPS) is 20.3. The molecule has 0 bridgehead atoms. The molecule has 0 aromatic carbocycles. The van der Waals surface area contributed by atoms with E-state index in [-0.39, 0.29) is 0 Å². The smallest absolute Gasteiger partial charge is 0.122 e. The predicted molar refractivity (Wildman–Crippen MR) is 58.6 cm³/mol. The van der Waals surface area contributed by atoms with Gasteiger partial charge in [-0.1, -0.05) is 6.42 Å². The van der Waals surface area contributed by atoms with Crippen LogP contribution in [0.25, 0.3) is 0 Å². The average Bonchev–Trinajstić information content (AvgIpc) is 2.67. The molecule has 3 rings (SSSR count). The molecule has 0 radical (unpaired) electrons. The zero-order chi connectivity index (χ0) is 10.3. The molecule has 1 aromatic heterocycles. The lowest BCUT2D eigenvalue weighted by Gasteiger charge is -2.24. The van der Waals surface area contributed by atoms with Crippen LogP contribution >= 0.6 is 0 Å². The van der Waals surface area contributed by atoms with E-state index in [2.05, 4.69) is 5.32 Å². The van der Waals surface area contributed by atoms with Gasteiger partial charge in [0.05, 0.1) is 6.54 Å². The average molecular weight is 206 g/mol. The SMILES string of the molecule is NCCc1c(C2CCC2)oc2c1CNC2. The maximum Gasteiger partial charge on any atom is 0.122 e. The second-order valence-corrected chi connectivity index (χ2v) is 4.62. The number of nitrogens with two attached hydrogens (primary N) is 1. The van der Waals surface area contributed by atoms with E-state index < -0.39 is 0 Å². The summed E-state index contributed by atoms with van der Waals surface area (Å²) in [5, 5.41) is 3.33. The van der Waals surface area contributed by atoms with Crippen LogP contribution in [0.4, 0.5) is 0 Å². The first kappa shape index (κ1) is 9.43. The molecule has 0 atom stereocenters. The van der Waals surface area contributed by atoms with E-state index >= 15 is 0 Å².